The molecule has 0 spiro atoms. The highest BCUT2D eigenvalue weighted by Crippen LogP contribution is 2.34. The summed E-state index contributed by atoms with van der Waals surface area (Å²) in [5.41, 5.74) is 3.46. The van der Waals surface area contributed by atoms with Gasteiger partial charge in [-0.15, -0.1) is 0 Å². The number of hydrogen-bond donors (Lipinski definition) is 0. The zero-order valence-corrected chi connectivity index (χ0v) is 15.2. The molecule has 5 nitrogen and oxygen atoms in total. The summed E-state index contributed by atoms with van der Waals surface area (Å²) in [7, 11) is 3.27. The van der Waals surface area contributed by atoms with Gasteiger partial charge in [0.2, 0.25) is 5.91 Å². The molecular formula is C21H23NO4. The average Bonchev–Trinajstić information content (AvgIpc) is 2.71. The molecule has 136 valence electrons. The number of carbonyl (C=O) groups is 1. The van der Waals surface area contributed by atoms with Crippen LogP contribution in [0.2, 0.25) is 0 Å². The first-order valence-corrected chi connectivity index (χ1v) is 8.93. The second kappa shape index (κ2) is 6.90. The molecule has 0 N–H and O–H groups in total. The first-order valence-electron chi connectivity index (χ1n) is 8.93. The van der Waals surface area contributed by atoms with Crippen LogP contribution < -0.4 is 14.2 Å². The van der Waals surface area contributed by atoms with Crippen molar-refractivity contribution in [1.82, 2.24) is 4.90 Å². The summed E-state index contributed by atoms with van der Waals surface area (Å²) >= 11 is 0. The number of carbonyl (C=O) groups excluding carboxylic acids is 1. The van der Waals surface area contributed by atoms with Crippen LogP contribution in [0.3, 0.4) is 0 Å². The molecule has 0 aromatic heterocycles. The Labute approximate surface area is 153 Å². The minimum Gasteiger partial charge on any atom is -0.493 e. The number of para-hydroxylation sites is 1. The third-order valence-corrected chi connectivity index (χ3v) is 5.26. The zero-order chi connectivity index (χ0) is 18.1. The van der Waals surface area contributed by atoms with E-state index in [-0.39, 0.29) is 11.8 Å². The smallest absolute Gasteiger partial charge is 0.229 e. The van der Waals surface area contributed by atoms with E-state index >= 15 is 0 Å². The molecule has 0 bridgehead atoms. The van der Waals surface area contributed by atoms with Gasteiger partial charge in [0.25, 0.3) is 0 Å². The second-order valence-electron chi connectivity index (χ2n) is 6.81. The number of benzene rings is 2. The Morgan fingerprint density at radius 2 is 1.81 bits per heavy atom. The molecule has 0 fully saturated rings. The topological polar surface area (TPSA) is 48.0 Å². The fraction of sp³-hybridized carbons (Fsp3) is 0.381. The van der Waals surface area contributed by atoms with Crippen molar-refractivity contribution in [2.75, 3.05) is 27.4 Å². The van der Waals surface area contributed by atoms with E-state index in [4.69, 9.17) is 14.2 Å². The fourth-order valence-electron chi connectivity index (χ4n) is 3.82. The summed E-state index contributed by atoms with van der Waals surface area (Å²) in [6, 6.07) is 12.0. The Bertz CT molecular complexity index is 833. The minimum atomic E-state index is -0.119. The number of hydrogen-bond acceptors (Lipinski definition) is 4. The van der Waals surface area contributed by atoms with Gasteiger partial charge in [0, 0.05) is 13.1 Å². The molecule has 0 saturated carbocycles. The van der Waals surface area contributed by atoms with Crippen LogP contribution in [-0.2, 0) is 24.2 Å². The van der Waals surface area contributed by atoms with Crippen LogP contribution in [0.4, 0.5) is 0 Å². The maximum Gasteiger partial charge on any atom is 0.229 e. The van der Waals surface area contributed by atoms with Crippen LogP contribution in [0.25, 0.3) is 0 Å². The molecule has 5 heteroatoms. The summed E-state index contributed by atoms with van der Waals surface area (Å²) in [4.78, 5) is 15.0. The van der Waals surface area contributed by atoms with Gasteiger partial charge in [-0.05, 0) is 47.7 Å². The molecule has 0 aliphatic carbocycles. The Hall–Kier alpha value is -2.69. The van der Waals surface area contributed by atoms with Crippen molar-refractivity contribution in [1.29, 1.82) is 0 Å². The molecule has 4 rings (SSSR count). The first-order chi connectivity index (χ1) is 12.7. The monoisotopic (exact) mass is 353 g/mol. The van der Waals surface area contributed by atoms with Crippen LogP contribution >= 0.6 is 0 Å². The molecular weight excluding hydrogens is 330 g/mol. The maximum atomic E-state index is 13.0. The first kappa shape index (κ1) is 16.8. The lowest BCUT2D eigenvalue weighted by molar-refractivity contribution is -0.137. The van der Waals surface area contributed by atoms with Crippen molar-refractivity contribution in [3.8, 4) is 17.2 Å². The molecule has 1 unspecified atom stereocenters. The van der Waals surface area contributed by atoms with Crippen molar-refractivity contribution in [3.05, 3.63) is 53.1 Å². The molecule has 0 radical (unpaired) electrons. The van der Waals surface area contributed by atoms with Gasteiger partial charge in [-0.1, -0.05) is 18.2 Å². The quantitative estimate of drug-likeness (QED) is 0.851. The number of ether oxygens (including phenoxy) is 3. The summed E-state index contributed by atoms with van der Waals surface area (Å²) in [5, 5.41) is 0. The summed E-state index contributed by atoms with van der Waals surface area (Å²) in [6.07, 6.45) is 1.57. The van der Waals surface area contributed by atoms with Crippen molar-refractivity contribution in [2.24, 2.45) is 5.92 Å². The molecule has 2 heterocycles. The normalized spacial score (nSPS) is 18.4. The summed E-state index contributed by atoms with van der Waals surface area (Å²) in [6.45, 7) is 1.78. The van der Waals surface area contributed by atoms with Crippen molar-refractivity contribution < 1.29 is 19.0 Å². The van der Waals surface area contributed by atoms with Gasteiger partial charge in [-0.25, -0.2) is 0 Å². The van der Waals surface area contributed by atoms with Gasteiger partial charge < -0.3 is 19.1 Å². The number of nitrogens with zero attached hydrogens (tertiary/aromatic N) is 1. The average molecular weight is 353 g/mol. The minimum absolute atomic E-state index is 0.119. The van der Waals surface area contributed by atoms with E-state index in [1.165, 1.54) is 5.56 Å². The predicted molar refractivity (Wildman–Crippen MR) is 97.8 cm³/mol. The third-order valence-electron chi connectivity index (χ3n) is 5.26. The highest BCUT2D eigenvalue weighted by Gasteiger charge is 2.31. The predicted octanol–water partition coefficient (Wildman–Crippen LogP) is 2.84. The van der Waals surface area contributed by atoms with Gasteiger partial charge in [0.05, 0.1) is 20.1 Å². The molecule has 0 saturated heterocycles. The van der Waals surface area contributed by atoms with E-state index in [0.29, 0.717) is 18.9 Å². The molecule has 1 atom stereocenters. The van der Waals surface area contributed by atoms with Gasteiger partial charge in [-0.2, -0.15) is 0 Å². The Morgan fingerprint density at radius 3 is 2.58 bits per heavy atom. The largest absolute Gasteiger partial charge is 0.493 e. The Balaban J connectivity index is 1.51. The number of rotatable bonds is 3. The van der Waals surface area contributed by atoms with Crippen molar-refractivity contribution in [2.45, 2.75) is 19.4 Å². The van der Waals surface area contributed by atoms with E-state index < -0.39 is 0 Å². The SMILES string of the molecule is COc1cc2c(cc1OC)CN(C(=O)C1COc3ccccc3C1)CC2. The Morgan fingerprint density at radius 1 is 1.08 bits per heavy atom. The van der Waals surface area contributed by atoms with Crippen LogP contribution in [0.5, 0.6) is 17.2 Å². The highest BCUT2D eigenvalue weighted by molar-refractivity contribution is 5.80. The van der Waals surface area contributed by atoms with Gasteiger partial charge in [0.15, 0.2) is 11.5 Å². The van der Waals surface area contributed by atoms with Crippen LogP contribution in [0.15, 0.2) is 36.4 Å². The van der Waals surface area contributed by atoms with Crippen LogP contribution in [-0.4, -0.2) is 38.2 Å². The molecule has 26 heavy (non-hydrogen) atoms. The van der Waals surface area contributed by atoms with Gasteiger partial charge >= 0.3 is 0 Å². The number of amides is 1. The molecule has 1 amide bonds. The fourth-order valence-corrected chi connectivity index (χ4v) is 3.82. The lowest BCUT2D eigenvalue weighted by Gasteiger charge is -2.34. The third kappa shape index (κ3) is 2.98. The van der Waals surface area contributed by atoms with E-state index in [9.17, 15) is 4.79 Å². The summed E-state index contributed by atoms with van der Waals surface area (Å²) in [5.74, 6) is 2.39. The molecule has 2 aliphatic rings. The molecule has 2 aromatic rings. The number of methoxy groups -OCH3 is 2. The highest BCUT2D eigenvalue weighted by atomic mass is 16.5. The van der Waals surface area contributed by atoms with Crippen molar-refractivity contribution >= 4 is 5.91 Å². The second-order valence-corrected chi connectivity index (χ2v) is 6.81. The van der Waals surface area contributed by atoms with E-state index in [1.54, 1.807) is 14.2 Å². The standard InChI is InChI=1S/C21H23NO4/c1-24-19-10-14-7-8-22(12-16(14)11-20(19)25-2)21(23)17-9-15-5-3-4-6-18(15)26-13-17/h3-6,10-11,17H,7-9,12-13H2,1-2H3. The van der Waals surface area contributed by atoms with E-state index in [1.807, 2.05) is 41.3 Å². The van der Waals surface area contributed by atoms with Crippen LogP contribution in [0.1, 0.15) is 16.7 Å². The van der Waals surface area contributed by atoms with E-state index in [2.05, 4.69) is 0 Å². The number of fused-ring (bicyclic) bond motifs is 2. The zero-order valence-electron chi connectivity index (χ0n) is 15.2. The van der Waals surface area contributed by atoms with Gasteiger partial charge in [-0.3, -0.25) is 4.79 Å². The lowest BCUT2D eigenvalue weighted by atomic mass is 9.93. The van der Waals surface area contributed by atoms with Crippen LogP contribution in [0, 0.1) is 5.92 Å². The van der Waals surface area contributed by atoms with Crippen molar-refractivity contribution in [3.63, 3.8) is 0 Å². The molecule has 2 aromatic carbocycles. The maximum absolute atomic E-state index is 13.0. The molecule has 2 aliphatic heterocycles. The van der Waals surface area contributed by atoms with E-state index in [0.717, 1.165) is 42.0 Å². The van der Waals surface area contributed by atoms with Gasteiger partial charge in [0.1, 0.15) is 12.4 Å². The summed E-state index contributed by atoms with van der Waals surface area (Å²) < 4.78 is 16.6. The Kier molecular flexibility index (Phi) is 4.45. The lowest BCUT2D eigenvalue weighted by Crippen LogP contribution is -2.43.